The largest absolute Gasteiger partial charge is 0.341 e. The van der Waals surface area contributed by atoms with Crippen molar-refractivity contribution < 1.29 is 0 Å². The molecule has 2 aliphatic rings. The Kier molecular flexibility index (Phi) is 7.16. The standard InChI is InChI=1S/C49H40N2/c1-33-13-2-6-20-39(33)48-42-27-25-38(51-30-12-19-36-16-5-9-24-47(36)51)32-45(42)49(41-22-10-17-34-14-3-7-21-40(34)41)43-28-26-37(31-44(43)48)50-29-11-18-35-15-4-8-23-46(35)50/h2-10,13-17,20-28,31-32H,11-12,18-19,29-30H2,1H3. The molecule has 2 heteroatoms. The van der Waals surface area contributed by atoms with Crippen LogP contribution in [-0.2, 0) is 12.8 Å². The number of aryl methyl sites for hydroxylation is 3. The number of para-hydroxylation sites is 2. The van der Waals surface area contributed by atoms with E-state index in [0.29, 0.717) is 0 Å². The van der Waals surface area contributed by atoms with Crippen molar-refractivity contribution in [2.75, 3.05) is 22.9 Å². The van der Waals surface area contributed by atoms with E-state index in [0.717, 1.165) is 38.8 Å². The summed E-state index contributed by atoms with van der Waals surface area (Å²) in [5.74, 6) is 0. The Hall–Kier alpha value is -5.86. The highest BCUT2D eigenvalue weighted by Gasteiger charge is 2.24. The minimum Gasteiger partial charge on any atom is -0.341 e. The summed E-state index contributed by atoms with van der Waals surface area (Å²) in [5, 5.41) is 7.74. The average Bonchev–Trinajstić information content (AvgIpc) is 3.19. The second kappa shape index (κ2) is 12.2. The third-order valence-corrected chi connectivity index (χ3v) is 11.4. The van der Waals surface area contributed by atoms with Crippen molar-refractivity contribution in [2.24, 2.45) is 0 Å². The molecule has 0 spiro atoms. The Balaban J connectivity index is 1.32. The van der Waals surface area contributed by atoms with Crippen LogP contribution >= 0.6 is 0 Å². The maximum Gasteiger partial charge on any atom is 0.0443 e. The van der Waals surface area contributed by atoms with Crippen LogP contribution in [0.15, 0.2) is 152 Å². The van der Waals surface area contributed by atoms with E-state index in [9.17, 15) is 0 Å². The Labute approximate surface area is 300 Å². The van der Waals surface area contributed by atoms with Gasteiger partial charge in [-0.3, -0.25) is 0 Å². The fraction of sp³-hybridized carbons (Fsp3) is 0.143. The molecule has 0 N–H and O–H groups in total. The SMILES string of the molecule is Cc1ccccc1-c1c2cc(N3CCCc4ccccc43)ccc2c(-c2cccc3ccccc23)c2cc(N3CCCc4ccccc43)ccc12. The number of anilines is 4. The second-order valence-electron chi connectivity index (χ2n) is 14.3. The van der Waals surface area contributed by atoms with Gasteiger partial charge in [0.25, 0.3) is 0 Å². The van der Waals surface area contributed by atoms with Crippen LogP contribution in [0.25, 0.3) is 54.6 Å². The zero-order valence-corrected chi connectivity index (χ0v) is 29.1. The maximum absolute atomic E-state index is 2.54. The van der Waals surface area contributed by atoms with Crippen molar-refractivity contribution in [1.29, 1.82) is 0 Å². The summed E-state index contributed by atoms with van der Waals surface area (Å²) >= 11 is 0. The number of benzene rings is 8. The Morgan fingerprint density at radius 3 is 1.57 bits per heavy atom. The molecule has 0 atom stereocenters. The predicted molar refractivity (Wildman–Crippen MR) is 218 cm³/mol. The van der Waals surface area contributed by atoms with E-state index < -0.39 is 0 Å². The monoisotopic (exact) mass is 656 g/mol. The first-order valence-corrected chi connectivity index (χ1v) is 18.5. The third-order valence-electron chi connectivity index (χ3n) is 11.4. The lowest BCUT2D eigenvalue weighted by Gasteiger charge is -2.32. The zero-order chi connectivity index (χ0) is 33.9. The lowest BCUT2D eigenvalue weighted by Crippen LogP contribution is -2.24. The minimum atomic E-state index is 1.02. The Morgan fingerprint density at radius 1 is 0.412 bits per heavy atom. The van der Waals surface area contributed by atoms with E-state index in [2.05, 4.69) is 168 Å². The topological polar surface area (TPSA) is 6.48 Å². The molecule has 2 nitrogen and oxygen atoms in total. The van der Waals surface area contributed by atoms with Gasteiger partial charge >= 0.3 is 0 Å². The summed E-state index contributed by atoms with van der Waals surface area (Å²) in [6.45, 7) is 4.30. The molecule has 0 saturated heterocycles. The molecule has 51 heavy (non-hydrogen) atoms. The van der Waals surface area contributed by atoms with Crippen LogP contribution in [-0.4, -0.2) is 13.1 Å². The van der Waals surface area contributed by atoms with Crippen LogP contribution in [0.2, 0.25) is 0 Å². The van der Waals surface area contributed by atoms with Gasteiger partial charge in [-0.05, 0) is 140 Å². The number of fused-ring (bicyclic) bond motifs is 5. The lowest BCUT2D eigenvalue weighted by molar-refractivity contribution is 0.767. The smallest absolute Gasteiger partial charge is 0.0443 e. The number of rotatable bonds is 4. The first-order valence-electron chi connectivity index (χ1n) is 18.5. The van der Waals surface area contributed by atoms with E-state index in [4.69, 9.17) is 0 Å². The van der Waals surface area contributed by atoms with E-state index in [1.807, 2.05) is 0 Å². The van der Waals surface area contributed by atoms with Crippen LogP contribution < -0.4 is 9.80 Å². The summed E-state index contributed by atoms with van der Waals surface area (Å²) in [7, 11) is 0. The van der Waals surface area contributed by atoms with Crippen LogP contribution in [0.3, 0.4) is 0 Å². The number of hydrogen-bond donors (Lipinski definition) is 0. The van der Waals surface area contributed by atoms with Crippen LogP contribution in [0.1, 0.15) is 29.5 Å². The maximum atomic E-state index is 2.54. The van der Waals surface area contributed by atoms with Gasteiger partial charge in [0, 0.05) is 35.8 Å². The molecule has 0 unspecified atom stereocenters. The van der Waals surface area contributed by atoms with Crippen LogP contribution in [0, 0.1) is 6.92 Å². The molecule has 2 heterocycles. The van der Waals surface area contributed by atoms with E-state index in [1.165, 1.54) is 94.0 Å². The minimum absolute atomic E-state index is 1.02. The van der Waals surface area contributed by atoms with Crippen molar-refractivity contribution in [2.45, 2.75) is 32.6 Å². The lowest BCUT2D eigenvalue weighted by atomic mass is 9.83. The third kappa shape index (κ3) is 4.93. The average molecular weight is 657 g/mol. The van der Waals surface area contributed by atoms with Gasteiger partial charge < -0.3 is 9.80 Å². The van der Waals surface area contributed by atoms with Crippen molar-refractivity contribution in [3.05, 3.63) is 168 Å². The van der Waals surface area contributed by atoms with Crippen molar-refractivity contribution >= 4 is 55.1 Å². The van der Waals surface area contributed by atoms with Gasteiger partial charge in [-0.1, -0.05) is 115 Å². The van der Waals surface area contributed by atoms with Gasteiger partial charge in [0.15, 0.2) is 0 Å². The molecule has 0 fully saturated rings. The predicted octanol–water partition coefficient (Wildman–Crippen LogP) is 13.0. The Morgan fingerprint density at radius 2 is 0.922 bits per heavy atom. The summed E-state index contributed by atoms with van der Waals surface area (Å²) < 4.78 is 0. The Bertz CT molecular complexity index is 2630. The molecule has 8 aromatic rings. The first-order chi connectivity index (χ1) is 25.2. The summed E-state index contributed by atoms with van der Waals surface area (Å²) in [5.41, 5.74) is 14.6. The zero-order valence-electron chi connectivity index (χ0n) is 29.1. The van der Waals surface area contributed by atoms with Crippen molar-refractivity contribution in [1.82, 2.24) is 0 Å². The molecular formula is C49H40N2. The van der Waals surface area contributed by atoms with Gasteiger partial charge in [-0.15, -0.1) is 0 Å². The highest BCUT2D eigenvalue weighted by molar-refractivity contribution is 6.24. The van der Waals surface area contributed by atoms with Crippen molar-refractivity contribution in [3.63, 3.8) is 0 Å². The van der Waals surface area contributed by atoms with Gasteiger partial charge in [0.1, 0.15) is 0 Å². The number of hydrogen-bond acceptors (Lipinski definition) is 2. The van der Waals surface area contributed by atoms with Gasteiger partial charge in [0.2, 0.25) is 0 Å². The van der Waals surface area contributed by atoms with E-state index >= 15 is 0 Å². The van der Waals surface area contributed by atoms with Crippen molar-refractivity contribution in [3.8, 4) is 22.3 Å². The summed E-state index contributed by atoms with van der Waals surface area (Å²) in [6, 6.07) is 57.1. The molecule has 0 aromatic heterocycles. The fourth-order valence-electron chi connectivity index (χ4n) is 9.02. The molecule has 0 aliphatic carbocycles. The van der Waals surface area contributed by atoms with Gasteiger partial charge in [-0.2, -0.15) is 0 Å². The number of nitrogens with zero attached hydrogens (tertiary/aromatic N) is 2. The van der Waals surface area contributed by atoms with Crippen LogP contribution in [0.5, 0.6) is 0 Å². The molecule has 8 aromatic carbocycles. The molecule has 0 amide bonds. The second-order valence-corrected chi connectivity index (χ2v) is 14.3. The first kappa shape index (κ1) is 30.0. The highest BCUT2D eigenvalue weighted by atomic mass is 15.1. The quantitative estimate of drug-likeness (QED) is 0.174. The summed E-state index contributed by atoms with van der Waals surface area (Å²) in [6.07, 6.45) is 4.57. The fourth-order valence-corrected chi connectivity index (χ4v) is 9.02. The normalized spacial score (nSPS) is 14.2. The molecule has 10 rings (SSSR count). The molecule has 0 radical (unpaired) electrons. The molecule has 2 aliphatic heterocycles. The molecular weight excluding hydrogens is 617 g/mol. The molecule has 246 valence electrons. The van der Waals surface area contributed by atoms with Gasteiger partial charge in [0.05, 0.1) is 0 Å². The van der Waals surface area contributed by atoms with E-state index in [1.54, 1.807) is 0 Å². The van der Waals surface area contributed by atoms with Crippen LogP contribution in [0.4, 0.5) is 22.7 Å². The van der Waals surface area contributed by atoms with E-state index in [-0.39, 0.29) is 0 Å². The molecule has 0 saturated carbocycles. The molecule has 0 bridgehead atoms. The summed E-state index contributed by atoms with van der Waals surface area (Å²) in [4.78, 5) is 5.08. The highest BCUT2D eigenvalue weighted by Crippen LogP contribution is 2.49. The van der Waals surface area contributed by atoms with Gasteiger partial charge in [-0.25, -0.2) is 0 Å².